The number of nitrogens with two attached hydrogens (primary N) is 2. The fraction of sp³-hybridized carbons (Fsp3) is 0.333. The summed E-state index contributed by atoms with van der Waals surface area (Å²) in [5, 5.41) is 5.66. The molecule has 1 amide bonds. The lowest BCUT2D eigenvalue weighted by Gasteiger charge is -2.07. The van der Waals surface area contributed by atoms with E-state index in [1.165, 1.54) is 6.92 Å². The number of hydrogen-bond acceptors (Lipinski definition) is 5. The van der Waals surface area contributed by atoms with Gasteiger partial charge in [0.25, 0.3) is 0 Å². The maximum absolute atomic E-state index is 10.6. The van der Waals surface area contributed by atoms with E-state index in [1.807, 2.05) is 0 Å². The smallest absolute Gasteiger partial charge is 0.216 e. The number of hydrogen-bond donors (Lipinski definition) is 4. The Morgan fingerprint density at radius 2 is 2.13 bits per heavy atom. The summed E-state index contributed by atoms with van der Waals surface area (Å²) in [6.45, 7) is 2.61. The van der Waals surface area contributed by atoms with Crippen LogP contribution in [0.5, 0.6) is 0 Å². The van der Waals surface area contributed by atoms with Gasteiger partial charge in [0.2, 0.25) is 5.91 Å². The predicted molar refractivity (Wildman–Crippen MR) is 60.2 cm³/mol. The summed E-state index contributed by atoms with van der Waals surface area (Å²) in [6.07, 6.45) is 0. The van der Waals surface area contributed by atoms with Crippen molar-refractivity contribution in [2.24, 2.45) is 0 Å². The Bertz CT molecular complexity index is 352. The number of aromatic nitrogens is 1. The fourth-order valence-electron chi connectivity index (χ4n) is 1.01. The van der Waals surface area contributed by atoms with Crippen molar-refractivity contribution in [2.45, 2.75) is 6.92 Å². The van der Waals surface area contributed by atoms with Gasteiger partial charge in [-0.2, -0.15) is 0 Å². The number of carbonyl (C=O) groups is 1. The van der Waals surface area contributed by atoms with Crippen molar-refractivity contribution in [3.05, 3.63) is 12.1 Å². The van der Waals surface area contributed by atoms with Crippen molar-refractivity contribution in [1.29, 1.82) is 0 Å². The summed E-state index contributed by atoms with van der Waals surface area (Å²) in [6, 6.07) is 3.42. The second kappa shape index (κ2) is 5.04. The van der Waals surface area contributed by atoms with Crippen LogP contribution in [-0.2, 0) is 4.79 Å². The van der Waals surface area contributed by atoms with E-state index in [2.05, 4.69) is 15.6 Å². The fourth-order valence-corrected chi connectivity index (χ4v) is 1.01. The Morgan fingerprint density at radius 3 is 2.73 bits per heavy atom. The monoisotopic (exact) mass is 209 g/mol. The van der Waals surface area contributed by atoms with E-state index in [0.717, 1.165) is 0 Å². The van der Waals surface area contributed by atoms with Crippen LogP contribution in [0.3, 0.4) is 0 Å². The van der Waals surface area contributed by atoms with Crippen LogP contribution in [-0.4, -0.2) is 24.0 Å². The summed E-state index contributed by atoms with van der Waals surface area (Å²) in [5.41, 5.74) is 11.5. The molecule has 6 N–H and O–H groups in total. The molecule has 0 aliphatic carbocycles. The maximum Gasteiger partial charge on any atom is 0.216 e. The van der Waals surface area contributed by atoms with Crippen LogP contribution in [0, 0.1) is 0 Å². The number of amides is 1. The molecule has 1 aromatic rings. The molecule has 0 saturated carbocycles. The normalized spacial score (nSPS) is 9.67. The van der Waals surface area contributed by atoms with Crippen LogP contribution in [0.2, 0.25) is 0 Å². The van der Waals surface area contributed by atoms with Crippen molar-refractivity contribution in [2.75, 3.05) is 29.9 Å². The summed E-state index contributed by atoms with van der Waals surface area (Å²) in [7, 11) is 0. The van der Waals surface area contributed by atoms with Gasteiger partial charge in [-0.1, -0.05) is 0 Å². The molecule has 0 aliphatic rings. The van der Waals surface area contributed by atoms with Crippen molar-refractivity contribution in [3.8, 4) is 0 Å². The Kier molecular flexibility index (Phi) is 3.73. The van der Waals surface area contributed by atoms with Gasteiger partial charge in [0.15, 0.2) is 0 Å². The molecule has 0 fully saturated rings. The topological polar surface area (TPSA) is 106 Å². The third kappa shape index (κ3) is 3.72. The Balaban J connectivity index is 2.38. The lowest BCUT2D eigenvalue weighted by atomic mass is 10.4. The van der Waals surface area contributed by atoms with Crippen molar-refractivity contribution >= 4 is 23.2 Å². The highest BCUT2D eigenvalue weighted by Gasteiger charge is 1.98. The molecule has 1 aromatic heterocycles. The largest absolute Gasteiger partial charge is 0.396 e. The predicted octanol–water partition coefficient (Wildman–Crippen LogP) is -0.206. The van der Waals surface area contributed by atoms with E-state index in [0.29, 0.717) is 30.4 Å². The van der Waals surface area contributed by atoms with Crippen LogP contribution in [0.25, 0.3) is 0 Å². The van der Waals surface area contributed by atoms with Gasteiger partial charge in [0.05, 0.1) is 5.69 Å². The van der Waals surface area contributed by atoms with Gasteiger partial charge in [-0.05, 0) is 12.1 Å². The highest BCUT2D eigenvalue weighted by molar-refractivity contribution is 5.72. The first-order valence-electron chi connectivity index (χ1n) is 4.60. The summed E-state index contributed by atoms with van der Waals surface area (Å²) in [4.78, 5) is 14.6. The third-order valence-corrected chi connectivity index (χ3v) is 1.76. The zero-order valence-corrected chi connectivity index (χ0v) is 8.58. The minimum atomic E-state index is -0.0541. The quantitative estimate of drug-likeness (QED) is 0.513. The SMILES string of the molecule is CC(=O)NCCNc1ccc(N)c(N)n1. The summed E-state index contributed by atoms with van der Waals surface area (Å²) in [5.74, 6) is 0.896. The number of nitrogens with one attached hydrogen (secondary N) is 2. The molecule has 6 heteroatoms. The van der Waals surface area contributed by atoms with Gasteiger partial charge >= 0.3 is 0 Å². The molecular weight excluding hydrogens is 194 g/mol. The van der Waals surface area contributed by atoms with E-state index >= 15 is 0 Å². The Hall–Kier alpha value is -1.98. The maximum atomic E-state index is 10.6. The van der Waals surface area contributed by atoms with E-state index < -0.39 is 0 Å². The molecule has 1 heterocycles. The molecule has 82 valence electrons. The average Bonchev–Trinajstić information content (AvgIpc) is 2.18. The van der Waals surface area contributed by atoms with Crippen molar-refractivity contribution in [1.82, 2.24) is 10.3 Å². The van der Waals surface area contributed by atoms with E-state index in [1.54, 1.807) is 12.1 Å². The first kappa shape index (κ1) is 11.1. The molecule has 15 heavy (non-hydrogen) atoms. The number of nitrogen functional groups attached to an aromatic ring is 2. The van der Waals surface area contributed by atoms with Gasteiger partial charge in [0.1, 0.15) is 11.6 Å². The second-order valence-corrected chi connectivity index (χ2v) is 3.08. The van der Waals surface area contributed by atoms with E-state index in [-0.39, 0.29) is 5.91 Å². The third-order valence-electron chi connectivity index (χ3n) is 1.76. The number of nitrogens with zero attached hydrogens (tertiary/aromatic N) is 1. The molecule has 0 radical (unpaired) electrons. The van der Waals surface area contributed by atoms with E-state index in [9.17, 15) is 4.79 Å². The van der Waals surface area contributed by atoms with Crippen LogP contribution < -0.4 is 22.1 Å². The van der Waals surface area contributed by atoms with Crippen LogP contribution in [0.15, 0.2) is 12.1 Å². The lowest BCUT2D eigenvalue weighted by molar-refractivity contribution is -0.118. The molecular formula is C9H15N5O. The van der Waals surface area contributed by atoms with Crippen LogP contribution >= 0.6 is 0 Å². The van der Waals surface area contributed by atoms with Crippen LogP contribution in [0.1, 0.15) is 6.92 Å². The molecule has 0 atom stereocenters. The molecule has 0 saturated heterocycles. The van der Waals surface area contributed by atoms with Gasteiger partial charge < -0.3 is 22.1 Å². The molecule has 6 nitrogen and oxygen atoms in total. The second-order valence-electron chi connectivity index (χ2n) is 3.08. The van der Waals surface area contributed by atoms with E-state index in [4.69, 9.17) is 11.5 Å². The minimum Gasteiger partial charge on any atom is -0.396 e. The molecule has 0 aliphatic heterocycles. The van der Waals surface area contributed by atoms with Crippen LogP contribution in [0.4, 0.5) is 17.3 Å². The van der Waals surface area contributed by atoms with Crippen molar-refractivity contribution in [3.63, 3.8) is 0 Å². The van der Waals surface area contributed by atoms with Gasteiger partial charge in [-0.25, -0.2) is 4.98 Å². The standard InChI is InChI=1S/C9H15N5O/c1-6(15)12-4-5-13-8-3-2-7(10)9(11)14-8/h2-3H,4-5,10H2,1H3,(H,12,15)(H3,11,13,14). The molecule has 0 bridgehead atoms. The highest BCUT2D eigenvalue weighted by atomic mass is 16.1. The highest BCUT2D eigenvalue weighted by Crippen LogP contribution is 2.13. The average molecular weight is 209 g/mol. The van der Waals surface area contributed by atoms with Gasteiger partial charge in [-0.15, -0.1) is 0 Å². The Morgan fingerprint density at radius 1 is 1.40 bits per heavy atom. The minimum absolute atomic E-state index is 0.0541. The van der Waals surface area contributed by atoms with Gasteiger partial charge in [-0.3, -0.25) is 4.79 Å². The molecule has 0 spiro atoms. The zero-order chi connectivity index (χ0) is 11.3. The van der Waals surface area contributed by atoms with Gasteiger partial charge in [0, 0.05) is 20.0 Å². The molecule has 0 aromatic carbocycles. The first-order valence-corrected chi connectivity index (χ1v) is 4.60. The number of pyridine rings is 1. The number of carbonyl (C=O) groups excluding carboxylic acids is 1. The number of rotatable bonds is 4. The summed E-state index contributed by atoms with van der Waals surface area (Å²) >= 11 is 0. The molecule has 0 unspecified atom stereocenters. The first-order chi connectivity index (χ1) is 7.09. The summed E-state index contributed by atoms with van der Waals surface area (Å²) < 4.78 is 0. The zero-order valence-electron chi connectivity index (χ0n) is 8.58. The number of anilines is 3. The Labute approximate surface area is 88.1 Å². The lowest BCUT2D eigenvalue weighted by Crippen LogP contribution is -2.26. The van der Waals surface area contributed by atoms with Crippen molar-refractivity contribution < 1.29 is 4.79 Å². The molecule has 1 rings (SSSR count).